The fourth-order valence-electron chi connectivity index (χ4n) is 1.66. The fourth-order valence-corrected chi connectivity index (χ4v) is 1.66. The Labute approximate surface area is 110 Å². The van der Waals surface area contributed by atoms with Crippen LogP contribution in [0.2, 0.25) is 0 Å². The molecule has 0 fully saturated rings. The van der Waals surface area contributed by atoms with Crippen LogP contribution in [0.25, 0.3) is 0 Å². The Bertz CT molecular complexity index is 431. The summed E-state index contributed by atoms with van der Waals surface area (Å²) in [6.45, 7) is 11.7. The fraction of sp³-hybridized carbons (Fsp3) is 0.533. The Morgan fingerprint density at radius 3 is 2.39 bits per heavy atom. The molecule has 1 rings (SSSR count). The van der Waals surface area contributed by atoms with Crippen molar-refractivity contribution in [3.05, 3.63) is 29.3 Å². The molecule has 0 radical (unpaired) electrons. The third-order valence-corrected chi connectivity index (χ3v) is 2.40. The standard InChI is InChI=1S/C15H23NO2/c1-10(2)16-13-9-7-8-12(11(13)3)14(17)18-15(4,5)6/h7-10,16H,1-6H3. The second-order valence-electron chi connectivity index (χ2n) is 5.78. The molecule has 3 nitrogen and oxygen atoms in total. The number of carbonyl (C=O) groups excluding carboxylic acids is 1. The first-order valence-electron chi connectivity index (χ1n) is 6.30. The van der Waals surface area contributed by atoms with E-state index in [0.717, 1.165) is 11.3 Å². The number of anilines is 1. The van der Waals surface area contributed by atoms with Gasteiger partial charge in [0.1, 0.15) is 5.60 Å². The summed E-state index contributed by atoms with van der Waals surface area (Å²) in [6, 6.07) is 5.98. The van der Waals surface area contributed by atoms with Gasteiger partial charge in [-0.05, 0) is 59.2 Å². The Morgan fingerprint density at radius 1 is 1.28 bits per heavy atom. The van der Waals surface area contributed by atoms with Crippen molar-refractivity contribution in [3.63, 3.8) is 0 Å². The Balaban J connectivity index is 3.00. The molecule has 0 aliphatic carbocycles. The molecule has 1 aromatic carbocycles. The average molecular weight is 249 g/mol. The van der Waals surface area contributed by atoms with E-state index in [1.165, 1.54) is 0 Å². The maximum atomic E-state index is 12.1. The predicted octanol–water partition coefficient (Wildman–Crippen LogP) is 3.77. The highest BCUT2D eigenvalue weighted by Crippen LogP contribution is 2.22. The first-order chi connectivity index (χ1) is 8.20. The summed E-state index contributed by atoms with van der Waals surface area (Å²) >= 11 is 0. The third kappa shape index (κ3) is 4.06. The molecule has 100 valence electrons. The third-order valence-electron chi connectivity index (χ3n) is 2.40. The molecule has 0 saturated carbocycles. The van der Waals surface area contributed by atoms with E-state index < -0.39 is 5.60 Å². The number of esters is 1. The van der Waals surface area contributed by atoms with Crippen LogP contribution in [-0.4, -0.2) is 17.6 Å². The van der Waals surface area contributed by atoms with Gasteiger partial charge < -0.3 is 10.1 Å². The van der Waals surface area contributed by atoms with E-state index in [0.29, 0.717) is 11.6 Å². The quantitative estimate of drug-likeness (QED) is 0.829. The highest BCUT2D eigenvalue weighted by Gasteiger charge is 2.20. The molecular formula is C15H23NO2. The van der Waals surface area contributed by atoms with Crippen LogP contribution < -0.4 is 5.32 Å². The molecule has 18 heavy (non-hydrogen) atoms. The summed E-state index contributed by atoms with van der Waals surface area (Å²) in [5, 5.41) is 3.32. The summed E-state index contributed by atoms with van der Waals surface area (Å²) in [5.74, 6) is -0.271. The van der Waals surface area contributed by atoms with Crippen molar-refractivity contribution in [1.29, 1.82) is 0 Å². The zero-order chi connectivity index (χ0) is 13.9. The van der Waals surface area contributed by atoms with Crippen LogP contribution in [0.5, 0.6) is 0 Å². The summed E-state index contributed by atoms with van der Waals surface area (Å²) in [5.41, 5.74) is 2.06. The monoisotopic (exact) mass is 249 g/mol. The van der Waals surface area contributed by atoms with Crippen LogP contribution in [0.3, 0.4) is 0 Å². The van der Waals surface area contributed by atoms with E-state index in [-0.39, 0.29) is 5.97 Å². The largest absolute Gasteiger partial charge is 0.456 e. The van der Waals surface area contributed by atoms with E-state index in [2.05, 4.69) is 19.2 Å². The van der Waals surface area contributed by atoms with Crippen molar-refractivity contribution >= 4 is 11.7 Å². The van der Waals surface area contributed by atoms with Gasteiger partial charge in [0, 0.05) is 11.7 Å². The second kappa shape index (κ2) is 5.42. The lowest BCUT2D eigenvalue weighted by Gasteiger charge is -2.21. The lowest BCUT2D eigenvalue weighted by molar-refractivity contribution is 0.00688. The molecule has 0 atom stereocenters. The number of nitrogens with one attached hydrogen (secondary N) is 1. The maximum Gasteiger partial charge on any atom is 0.338 e. The van der Waals surface area contributed by atoms with Crippen LogP contribution in [-0.2, 0) is 4.74 Å². The Morgan fingerprint density at radius 2 is 1.89 bits per heavy atom. The van der Waals surface area contributed by atoms with Gasteiger partial charge in [-0.25, -0.2) is 4.79 Å². The lowest BCUT2D eigenvalue weighted by atomic mass is 10.1. The topological polar surface area (TPSA) is 38.3 Å². The van der Waals surface area contributed by atoms with Gasteiger partial charge in [-0.2, -0.15) is 0 Å². The van der Waals surface area contributed by atoms with Crippen molar-refractivity contribution in [2.45, 2.75) is 53.2 Å². The lowest BCUT2D eigenvalue weighted by Crippen LogP contribution is -2.24. The van der Waals surface area contributed by atoms with Crippen molar-refractivity contribution in [1.82, 2.24) is 0 Å². The molecule has 0 aliphatic rings. The van der Waals surface area contributed by atoms with Gasteiger partial charge in [-0.3, -0.25) is 0 Å². The van der Waals surface area contributed by atoms with Gasteiger partial charge in [0.2, 0.25) is 0 Å². The molecular weight excluding hydrogens is 226 g/mol. The zero-order valence-corrected chi connectivity index (χ0v) is 12.1. The predicted molar refractivity (Wildman–Crippen MR) is 75.1 cm³/mol. The first-order valence-corrected chi connectivity index (χ1v) is 6.30. The Kier molecular flexibility index (Phi) is 4.38. The SMILES string of the molecule is Cc1c(NC(C)C)cccc1C(=O)OC(C)(C)C. The number of benzene rings is 1. The zero-order valence-electron chi connectivity index (χ0n) is 12.1. The van der Waals surface area contributed by atoms with E-state index in [1.54, 1.807) is 6.07 Å². The highest BCUT2D eigenvalue weighted by atomic mass is 16.6. The number of ether oxygens (including phenoxy) is 1. The molecule has 0 aromatic heterocycles. The summed E-state index contributed by atoms with van der Waals surface area (Å²) in [7, 11) is 0. The van der Waals surface area contributed by atoms with Gasteiger partial charge in [-0.1, -0.05) is 6.07 Å². The smallest absolute Gasteiger partial charge is 0.338 e. The van der Waals surface area contributed by atoms with E-state index in [1.807, 2.05) is 39.8 Å². The Hall–Kier alpha value is -1.51. The number of hydrogen-bond acceptors (Lipinski definition) is 3. The molecule has 1 aromatic rings. The minimum absolute atomic E-state index is 0.271. The molecule has 0 heterocycles. The van der Waals surface area contributed by atoms with Crippen molar-refractivity contribution < 1.29 is 9.53 Å². The summed E-state index contributed by atoms with van der Waals surface area (Å²) < 4.78 is 5.40. The van der Waals surface area contributed by atoms with E-state index >= 15 is 0 Å². The van der Waals surface area contributed by atoms with Crippen molar-refractivity contribution in [2.24, 2.45) is 0 Å². The van der Waals surface area contributed by atoms with Crippen molar-refractivity contribution in [3.8, 4) is 0 Å². The molecule has 0 bridgehead atoms. The molecule has 0 spiro atoms. The second-order valence-corrected chi connectivity index (χ2v) is 5.78. The molecule has 0 amide bonds. The van der Waals surface area contributed by atoms with Gasteiger partial charge in [0.25, 0.3) is 0 Å². The number of hydrogen-bond donors (Lipinski definition) is 1. The van der Waals surface area contributed by atoms with Crippen LogP contribution in [0.15, 0.2) is 18.2 Å². The number of rotatable bonds is 3. The molecule has 0 aliphatic heterocycles. The van der Waals surface area contributed by atoms with Gasteiger partial charge in [-0.15, -0.1) is 0 Å². The number of carbonyl (C=O) groups is 1. The highest BCUT2D eigenvalue weighted by molar-refractivity contribution is 5.93. The molecule has 0 unspecified atom stereocenters. The van der Waals surface area contributed by atoms with Gasteiger partial charge in [0.05, 0.1) is 5.56 Å². The normalized spacial score (nSPS) is 11.5. The first kappa shape index (κ1) is 14.6. The average Bonchev–Trinajstić information content (AvgIpc) is 2.17. The molecule has 0 saturated heterocycles. The molecule has 1 N–H and O–H groups in total. The van der Waals surface area contributed by atoms with E-state index in [9.17, 15) is 4.79 Å². The van der Waals surface area contributed by atoms with Gasteiger partial charge >= 0.3 is 5.97 Å². The van der Waals surface area contributed by atoms with E-state index in [4.69, 9.17) is 4.74 Å². The van der Waals surface area contributed by atoms with Crippen LogP contribution in [0.4, 0.5) is 5.69 Å². The summed E-state index contributed by atoms with van der Waals surface area (Å²) in [6.07, 6.45) is 0. The van der Waals surface area contributed by atoms with Gasteiger partial charge in [0.15, 0.2) is 0 Å². The van der Waals surface area contributed by atoms with Crippen molar-refractivity contribution in [2.75, 3.05) is 5.32 Å². The maximum absolute atomic E-state index is 12.1. The molecule has 3 heteroatoms. The minimum atomic E-state index is -0.467. The minimum Gasteiger partial charge on any atom is -0.456 e. The summed E-state index contributed by atoms with van der Waals surface area (Å²) in [4.78, 5) is 12.1. The van der Waals surface area contributed by atoms with Crippen LogP contribution in [0.1, 0.15) is 50.5 Å². The van der Waals surface area contributed by atoms with Crippen LogP contribution >= 0.6 is 0 Å². The van der Waals surface area contributed by atoms with Crippen LogP contribution in [0, 0.1) is 6.92 Å².